The Bertz CT molecular complexity index is 399. The van der Waals surface area contributed by atoms with Crippen LogP contribution in [0.25, 0.3) is 0 Å². The molecule has 0 aliphatic carbocycles. The number of halogens is 1. The van der Waals surface area contributed by atoms with Gasteiger partial charge in [0.1, 0.15) is 6.61 Å². The third-order valence-corrected chi connectivity index (χ3v) is 2.77. The van der Waals surface area contributed by atoms with Crippen LogP contribution >= 0.6 is 0 Å². The molecule has 0 aromatic heterocycles. The van der Waals surface area contributed by atoms with Crippen LogP contribution in [0.5, 0.6) is 5.75 Å². The largest absolute Gasteiger partial charge is 0.488 e. The van der Waals surface area contributed by atoms with Gasteiger partial charge in [-0.25, -0.2) is 4.39 Å². The molecule has 1 aromatic carbocycles. The first-order valence-corrected chi connectivity index (χ1v) is 7.32. The molecular weight excluding hydrogens is 273 g/mol. The van der Waals surface area contributed by atoms with Gasteiger partial charge < -0.3 is 19.5 Å². The van der Waals surface area contributed by atoms with Crippen LogP contribution in [0.4, 0.5) is 4.39 Å². The summed E-state index contributed by atoms with van der Waals surface area (Å²) in [4.78, 5) is 0. The quantitative estimate of drug-likeness (QED) is 0.638. The highest BCUT2D eigenvalue weighted by molar-refractivity contribution is 5.34. The number of hydrogen-bond acceptors (Lipinski definition) is 4. The van der Waals surface area contributed by atoms with E-state index in [0.717, 1.165) is 5.56 Å². The first kappa shape index (κ1) is 17.9. The molecule has 0 amide bonds. The van der Waals surface area contributed by atoms with Crippen molar-refractivity contribution in [3.8, 4) is 5.75 Å². The van der Waals surface area contributed by atoms with Crippen LogP contribution in [-0.2, 0) is 16.0 Å². The number of benzene rings is 1. The summed E-state index contributed by atoms with van der Waals surface area (Å²) < 4.78 is 29.8. The van der Waals surface area contributed by atoms with Crippen molar-refractivity contribution >= 4 is 0 Å². The van der Waals surface area contributed by atoms with Gasteiger partial charge in [0.25, 0.3) is 0 Å². The van der Waals surface area contributed by atoms with Crippen molar-refractivity contribution in [3.05, 3.63) is 29.6 Å². The van der Waals surface area contributed by atoms with E-state index in [2.05, 4.69) is 19.2 Å². The van der Waals surface area contributed by atoms with Gasteiger partial charge in [-0.2, -0.15) is 0 Å². The molecule has 0 spiro atoms. The molecule has 0 atom stereocenters. The molecule has 1 aromatic rings. The lowest BCUT2D eigenvalue weighted by atomic mass is 10.2. The van der Waals surface area contributed by atoms with Crippen molar-refractivity contribution in [1.29, 1.82) is 0 Å². The lowest BCUT2D eigenvalue weighted by Crippen LogP contribution is -2.19. The lowest BCUT2D eigenvalue weighted by molar-refractivity contribution is 0.0804. The smallest absolute Gasteiger partial charge is 0.165 e. The predicted molar refractivity (Wildman–Crippen MR) is 81.1 cm³/mol. The number of para-hydroxylation sites is 1. The van der Waals surface area contributed by atoms with Crippen molar-refractivity contribution in [2.45, 2.75) is 20.4 Å². The Kier molecular flexibility index (Phi) is 8.98. The molecule has 120 valence electrons. The van der Waals surface area contributed by atoms with Gasteiger partial charge in [0.15, 0.2) is 11.6 Å². The van der Waals surface area contributed by atoms with E-state index in [4.69, 9.17) is 14.2 Å². The Hall–Kier alpha value is -1.17. The standard InChI is InChI=1S/C16H26FNO3/c1-13(2)12-20-9-10-21-16-14(5-4-6-15(16)17)11-18-7-8-19-3/h4-6,13,18H,7-12H2,1-3H3. The molecule has 1 N–H and O–H groups in total. The van der Waals surface area contributed by atoms with Crippen molar-refractivity contribution < 1.29 is 18.6 Å². The van der Waals surface area contributed by atoms with Crippen molar-refractivity contribution in [2.24, 2.45) is 5.92 Å². The molecule has 21 heavy (non-hydrogen) atoms. The molecule has 0 saturated heterocycles. The SMILES string of the molecule is COCCNCc1cccc(F)c1OCCOCC(C)C. The van der Waals surface area contributed by atoms with Gasteiger partial charge in [-0.3, -0.25) is 0 Å². The van der Waals surface area contributed by atoms with Gasteiger partial charge in [-0.05, 0) is 12.0 Å². The maximum Gasteiger partial charge on any atom is 0.165 e. The van der Waals surface area contributed by atoms with Crippen molar-refractivity contribution in [1.82, 2.24) is 5.32 Å². The predicted octanol–water partition coefficient (Wildman–Crippen LogP) is 2.61. The summed E-state index contributed by atoms with van der Waals surface area (Å²) in [6.07, 6.45) is 0. The fraction of sp³-hybridized carbons (Fsp3) is 0.625. The number of ether oxygens (including phenoxy) is 3. The number of nitrogens with one attached hydrogen (secondary N) is 1. The fourth-order valence-electron chi connectivity index (χ4n) is 1.77. The molecule has 0 fully saturated rings. The molecule has 0 aliphatic heterocycles. The average molecular weight is 299 g/mol. The van der Waals surface area contributed by atoms with Crippen LogP contribution in [0.15, 0.2) is 18.2 Å². The summed E-state index contributed by atoms with van der Waals surface area (Å²) in [5, 5.41) is 3.18. The van der Waals surface area contributed by atoms with E-state index in [9.17, 15) is 4.39 Å². The topological polar surface area (TPSA) is 39.7 Å². The summed E-state index contributed by atoms with van der Waals surface area (Å²) in [6.45, 7) is 7.54. The normalized spacial score (nSPS) is 11.1. The summed E-state index contributed by atoms with van der Waals surface area (Å²) in [7, 11) is 1.65. The number of methoxy groups -OCH3 is 1. The Morgan fingerprint density at radius 3 is 2.71 bits per heavy atom. The van der Waals surface area contributed by atoms with Crippen LogP contribution in [0.3, 0.4) is 0 Å². The zero-order chi connectivity index (χ0) is 15.5. The number of hydrogen-bond donors (Lipinski definition) is 1. The highest BCUT2D eigenvalue weighted by Crippen LogP contribution is 2.22. The Morgan fingerprint density at radius 1 is 1.19 bits per heavy atom. The average Bonchev–Trinajstić information content (AvgIpc) is 2.45. The van der Waals surface area contributed by atoms with Crippen LogP contribution in [0.1, 0.15) is 19.4 Å². The first-order valence-electron chi connectivity index (χ1n) is 7.32. The minimum atomic E-state index is -0.343. The Balaban J connectivity index is 2.43. The van der Waals surface area contributed by atoms with E-state index < -0.39 is 0 Å². The summed E-state index contributed by atoms with van der Waals surface area (Å²) in [6, 6.07) is 4.95. The Labute approximate surface area is 126 Å². The van der Waals surface area contributed by atoms with E-state index >= 15 is 0 Å². The molecule has 0 unspecified atom stereocenters. The number of rotatable bonds is 11. The summed E-state index contributed by atoms with van der Waals surface area (Å²) in [5.41, 5.74) is 0.801. The first-order chi connectivity index (χ1) is 10.1. The highest BCUT2D eigenvalue weighted by atomic mass is 19.1. The second-order valence-electron chi connectivity index (χ2n) is 5.21. The Morgan fingerprint density at radius 2 is 2.00 bits per heavy atom. The zero-order valence-electron chi connectivity index (χ0n) is 13.2. The molecule has 0 radical (unpaired) electrons. The van der Waals surface area contributed by atoms with Crippen LogP contribution in [0.2, 0.25) is 0 Å². The van der Waals surface area contributed by atoms with Crippen LogP contribution in [0, 0.1) is 11.7 Å². The molecule has 1 rings (SSSR count). The zero-order valence-corrected chi connectivity index (χ0v) is 13.2. The van der Waals surface area contributed by atoms with Crippen molar-refractivity contribution in [3.63, 3.8) is 0 Å². The summed E-state index contributed by atoms with van der Waals surface area (Å²) in [5.74, 6) is 0.444. The fourth-order valence-corrected chi connectivity index (χ4v) is 1.77. The maximum absolute atomic E-state index is 13.8. The van der Waals surface area contributed by atoms with Crippen LogP contribution < -0.4 is 10.1 Å². The molecular formula is C16H26FNO3. The highest BCUT2D eigenvalue weighted by Gasteiger charge is 2.09. The van der Waals surface area contributed by atoms with E-state index in [1.807, 2.05) is 6.07 Å². The van der Waals surface area contributed by atoms with E-state index in [1.54, 1.807) is 13.2 Å². The van der Waals surface area contributed by atoms with E-state index in [0.29, 0.717) is 51.2 Å². The minimum absolute atomic E-state index is 0.301. The second-order valence-corrected chi connectivity index (χ2v) is 5.21. The molecule has 0 aliphatic rings. The van der Waals surface area contributed by atoms with Crippen LogP contribution in [-0.4, -0.2) is 40.1 Å². The monoisotopic (exact) mass is 299 g/mol. The molecule has 4 nitrogen and oxygen atoms in total. The second kappa shape index (κ2) is 10.5. The minimum Gasteiger partial charge on any atom is -0.488 e. The lowest BCUT2D eigenvalue weighted by Gasteiger charge is -2.13. The van der Waals surface area contributed by atoms with Gasteiger partial charge in [0.2, 0.25) is 0 Å². The third-order valence-electron chi connectivity index (χ3n) is 2.77. The van der Waals surface area contributed by atoms with Gasteiger partial charge in [0, 0.05) is 32.4 Å². The maximum atomic E-state index is 13.8. The molecule has 0 bridgehead atoms. The van der Waals surface area contributed by atoms with Gasteiger partial charge in [0.05, 0.1) is 13.2 Å². The van der Waals surface area contributed by atoms with Gasteiger partial charge in [-0.15, -0.1) is 0 Å². The van der Waals surface area contributed by atoms with Gasteiger partial charge >= 0.3 is 0 Å². The van der Waals surface area contributed by atoms with Gasteiger partial charge in [-0.1, -0.05) is 26.0 Å². The van der Waals surface area contributed by atoms with E-state index in [-0.39, 0.29) is 5.82 Å². The summed E-state index contributed by atoms with van der Waals surface area (Å²) >= 11 is 0. The van der Waals surface area contributed by atoms with E-state index in [1.165, 1.54) is 6.07 Å². The molecule has 0 heterocycles. The molecule has 0 saturated carbocycles. The van der Waals surface area contributed by atoms with Crippen molar-refractivity contribution in [2.75, 3.05) is 40.1 Å². The third kappa shape index (κ3) is 7.41. The molecule has 5 heteroatoms.